The number of nitrogens with zero attached hydrogens (tertiary/aromatic N) is 2. The number of rotatable bonds is 6. The van der Waals surface area contributed by atoms with Gasteiger partial charge in [-0.2, -0.15) is 4.98 Å². The predicted octanol–water partition coefficient (Wildman–Crippen LogP) is 2.54. The number of benzene rings is 1. The predicted molar refractivity (Wildman–Crippen MR) is 77.2 cm³/mol. The number of hydrogen-bond acceptors (Lipinski definition) is 5. The molecule has 0 saturated heterocycles. The maximum absolute atomic E-state index is 12.1. The molecule has 1 atom stereocenters. The van der Waals surface area contributed by atoms with Gasteiger partial charge in [-0.3, -0.25) is 4.79 Å². The molecular formula is C14H16ClN3O3. The van der Waals surface area contributed by atoms with Crippen molar-refractivity contribution in [3.05, 3.63) is 41.0 Å². The molecule has 112 valence electrons. The Morgan fingerprint density at radius 3 is 3.00 bits per heavy atom. The fourth-order valence-corrected chi connectivity index (χ4v) is 2.15. The molecule has 0 spiro atoms. The van der Waals surface area contributed by atoms with Crippen LogP contribution in [0.2, 0.25) is 5.02 Å². The molecule has 0 aliphatic heterocycles. The highest BCUT2D eigenvalue weighted by molar-refractivity contribution is 6.32. The summed E-state index contributed by atoms with van der Waals surface area (Å²) in [7, 11) is 0. The lowest BCUT2D eigenvalue weighted by Crippen LogP contribution is -2.28. The van der Waals surface area contributed by atoms with E-state index in [-0.39, 0.29) is 18.4 Å². The highest BCUT2D eigenvalue weighted by Crippen LogP contribution is 2.29. The van der Waals surface area contributed by atoms with Gasteiger partial charge < -0.3 is 14.6 Å². The van der Waals surface area contributed by atoms with Gasteiger partial charge >= 0.3 is 0 Å². The van der Waals surface area contributed by atoms with Crippen LogP contribution in [0.15, 0.2) is 29.1 Å². The molecule has 1 heterocycles. The van der Waals surface area contributed by atoms with Crippen LogP contribution >= 0.6 is 11.6 Å². The minimum Gasteiger partial charge on any atom is -0.492 e. The zero-order valence-corrected chi connectivity index (χ0v) is 12.6. The number of carbonyl (C=O) groups is 1. The standard InChI is InChI=1S/C14H16ClN3O3/c1-3-20-13-10(5-4-6-11(13)15)7-12(19)17-9(2)14-16-8-21-18-14/h4-6,8-9H,3,7H2,1-2H3,(H,17,19)/t9-/m1/s1. The van der Waals surface area contributed by atoms with E-state index in [1.54, 1.807) is 19.1 Å². The summed E-state index contributed by atoms with van der Waals surface area (Å²) < 4.78 is 10.1. The SMILES string of the molecule is CCOc1c(Cl)cccc1CC(=O)N[C@H](C)c1ncon1. The second-order valence-electron chi connectivity index (χ2n) is 4.42. The summed E-state index contributed by atoms with van der Waals surface area (Å²) in [5.74, 6) is 0.805. The highest BCUT2D eigenvalue weighted by atomic mass is 35.5. The first-order valence-electron chi connectivity index (χ1n) is 6.57. The summed E-state index contributed by atoms with van der Waals surface area (Å²) in [6.07, 6.45) is 1.39. The molecule has 2 aromatic rings. The van der Waals surface area contributed by atoms with Crippen LogP contribution in [-0.2, 0) is 11.2 Å². The average molecular weight is 310 g/mol. The molecule has 0 fully saturated rings. The third kappa shape index (κ3) is 3.95. The molecule has 21 heavy (non-hydrogen) atoms. The van der Waals surface area contributed by atoms with Crippen molar-refractivity contribution in [1.29, 1.82) is 0 Å². The number of hydrogen-bond donors (Lipinski definition) is 1. The van der Waals surface area contributed by atoms with Crippen LogP contribution in [0.1, 0.15) is 31.3 Å². The fraction of sp³-hybridized carbons (Fsp3) is 0.357. The molecule has 0 aliphatic rings. The Hall–Kier alpha value is -2.08. The molecule has 1 amide bonds. The minimum atomic E-state index is -0.328. The summed E-state index contributed by atoms with van der Waals surface area (Å²) in [5, 5.41) is 6.98. The summed E-state index contributed by atoms with van der Waals surface area (Å²) in [5.41, 5.74) is 0.738. The van der Waals surface area contributed by atoms with Gasteiger partial charge in [0.15, 0.2) is 5.82 Å². The number of nitrogens with one attached hydrogen (secondary N) is 1. The lowest BCUT2D eigenvalue weighted by Gasteiger charge is -2.13. The second kappa shape index (κ2) is 7.08. The van der Waals surface area contributed by atoms with E-state index >= 15 is 0 Å². The van der Waals surface area contributed by atoms with Gasteiger partial charge in [-0.1, -0.05) is 28.9 Å². The summed E-state index contributed by atoms with van der Waals surface area (Å²) >= 11 is 6.09. The zero-order valence-electron chi connectivity index (χ0n) is 11.8. The van der Waals surface area contributed by atoms with E-state index in [4.69, 9.17) is 16.3 Å². The number of ether oxygens (including phenoxy) is 1. The second-order valence-corrected chi connectivity index (χ2v) is 4.82. The van der Waals surface area contributed by atoms with Crippen LogP contribution in [0.3, 0.4) is 0 Å². The van der Waals surface area contributed by atoms with E-state index in [1.807, 2.05) is 13.0 Å². The van der Waals surface area contributed by atoms with Crippen LogP contribution in [0.25, 0.3) is 0 Å². The Bertz CT molecular complexity index is 602. The third-order valence-corrected chi connectivity index (χ3v) is 3.13. The molecule has 0 unspecified atom stereocenters. The maximum atomic E-state index is 12.1. The maximum Gasteiger partial charge on any atom is 0.225 e. The van der Waals surface area contributed by atoms with Gasteiger partial charge in [0.1, 0.15) is 5.75 Å². The van der Waals surface area contributed by atoms with Crippen molar-refractivity contribution < 1.29 is 14.1 Å². The normalized spacial score (nSPS) is 12.0. The summed E-state index contributed by atoms with van der Waals surface area (Å²) in [6.45, 7) is 4.13. The first-order valence-corrected chi connectivity index (χ1v) is 6.95. The van der Waals surface area contributed by atoms with E-state index in [0.29, 0.717) is 23.2 Å². The van der Waals surface area contributed by atoms with Crippen LogP contribution in [-0.4, -0.2) is 22.7 Å². The van der Waals surface area contributed by atoms with Crippen LogP contribution in [0.5, 0.6) is 5.75 Å². The molecule has 0 radical (unpaired) electrons. The van der Waals surface area contributed by atoms with E-state index in [9.17, 15) is 4.79 Å². The van der Waals surface area contributed by atoms with Gasteiger partial charge in [0, 0.05) is 5.56 Å². The van der Waals surface area contributed by atoms with E-state index in [2.05, 4.69) is 20.0 Å². The Morgan fingerprint density at radius 1 is 1.52 bits per heavy atom. The molecular weight excluding hydrogens is 294 g/mol. The molecule has 2 rings (SSSR count). The van der Waals surface area contributed by atoms with Gasteiger partial charge in [-0.15, -0.1) is 0 Å². The van der Waals surface area contributed by atoms with Crippen LogP contribution in [0, 0.1) is 0 Å². The van der Waals surface area contributed by atoms with Crippen molar-refractivity contribution in [2.45, 2.75) is 26.3 Å². The molecule has 0 aliphatic carbocycles. The van der Waals surface area contributed by atoms with Gasteiger partial charge in [-0.05, 0) is 19.9 Å². The Kier molecular flexibility index (Phi) is 5.16. The van der Waals surface area contributed by atoms with Crippen molar-refractivity contribution >= 4 is 17.5 Å². The molecule has 7 heteroatoms. The summed E-state index contributed by atoms with van der Waals surface area (Å²) in [6, 6.07) is 5.01. The Balaban J connectivity index is 2.04. The molecule has 1 aromatic heterocycles. The lowest BCUT2D eigenvalue weighted by atomic mass is 10.1. The molecule has 6 nitrogen and oxygen atoms in total. The van der Waals surface area contributed by atoms with Crippen molar-refractivity contribution in [2.24, 2.45) is 0 Å². The third-order valence-electron chi connectivity index (χ3n) is 2.83. The van der Waals surface area contributed by atoms with E-state index < -0.39 is 0 Å². The van der Waals surface area contributed by atoms with E-state index in [1.165, 1.54) is 6.39 Å². The molecule has 1 aromatic carbocycles. The van der Waals surface area contributed by atoms with Gasteiger partial charge in [-0.25, -0.2) is 0 Å². The van der Waals surface area contributed by atoms with Crippen molar-refractivity contribution in [1.82, 2.24) is 15.5 Å². The number of amides is 1. The molecule has 0 bridgehead atoms. The fourth-order valence-electron chi connectivity index (χ4n) is 1.90. The number of halogens is 1. The van der Waals surface area contributed by atoms with E-state index in [0.717, 1.165) is 5.56 Å². The minimum absolute atomic E-state index is 0.165. The largest absolute Gasteiger partial charge is 0.492 e. The first kappa shape index (κ1) is 15.3. The first-order chi connectivity index (χ1) is 10.1. The number of aromatic nitrogens is 2. The Morgan fingerprint density at radius 2 is 2.33 bits per heavy atom. The topological polar surface area (TPSA) is 77.2 Å². The monoisotopic (exact) mass is 309 g/mol. The highest BCUT2D eigenvalue weighted by Gasteiger charge is 2.16. The van der Waals surface area contributed by atoms with Crippen molar-refractivity contribution in [3.8, 4) is 5.75 Å². The quantitative estimate of drug-likeness (QED) is 0.887. The lowest BCUT2D eigenvalue weighted by molar-refractivity contribution is -0.121. The Labute approximate surface area is 127 Å². The van der Waals surface area contributed by atoms with Crippen molar-refractivity contribution in [2.75, 3.05) is 6.61 Å². The van der Waals surface area contributed by atoms with Crippen LogP contribution in [0.4, 0.5) is 0 Å². The number of para-hydroxylation sites is 1. The molecule has 0 saturated carbocycles. The summed E-state index contributed by atoms with van der Waals surface area (Å²) in [4.78, 5) is 16.0. The van der Waals surface area contributed by atoms with Gasteiger partial charge in [0.2, 0.25) is 12.3 Å². The number of carbonyl (C=O) groups excluding carboxylic acids is 1. The smallest absolute Gasteiger partial charge is 0.225 e. The zero-order chi connectivity index (χ0) is 15.2. The van der Waals surface area contributed by atoms with Crippen LogP contribution < -0.4 is 10.1 Å². The van der Waals surface area contributed by atoms with Gasteiger partial charge in [0.25, 0.3) is 0 Å². The molecule has 1 N–H and O–H groups in total. The van der Waals surface area contributed by atoms with Gasteiger partial charge in [0.05, 0.1) is 24.1 Å². The van der Waals surface area contributed by atoms with Crippen molar-refractivity contribution in [3.63, 3.8) is 0 Å². The average Bonchev–Trinajstić information content (AvgIpc) is 2.97.